The smallest absolute Gasteiger partial charge is 0.410 e. The maximum absolute atomic E-state index is 13.2. The van der Waals surface area contributed by atoms with E-state index in [1.54, 1.807) is 14.0 Å². The van der Waals surface area contributed by atoms with Crippen LogP contribution in [-0.4, -0.2) is 67.8 Å². The Hall–Kier alpha value is -3.49. The van der Waals surface area contributed by atoms with E-state index in [1.165, 1.54) is 33.5 Å². The highest BCUT2D eigenvalue weighted by atomic mass is 32.2. The molecular weight excluding hydrogens is 558 g/mol. The zero-order chi connectivity index (χ0) is 29.0. The van der Waals surface area contributed by atoms with E-state index in [1.807, 2.05) is 5.32 Å². The van der Waals surface area contributed by atoms with E-state index < -0.39 is 34.0 Å². The molecule has 1 aromatic heterocycles. The number of sulfonamides is 1. The highest BCUT2D eigenvalue weighted by Crippen LogP contribution is 2.38. The van der Waals surface area contributed by atoms with Crippen molar-refractivity contribution in [3.63, 3.8) is 0 Å². The summed E-state index contributed by atoms with van der Waals surface area (Å²) in [5, 5.41) is 4.94. The molecule has 0 bridgehead atoms. The number of anilines is 1. The Morgan fingerprint density at radius 2 is 1.77 bits per heavy atom. The van der Waals surface area contributed by atoms with Crippen molar-refractivity contribution in [3.8, 4) is 0 Å². The maximum Gasteiger partial charge on any atom is 0.410 e. The standard InChI is InChI=1S/C26H33N5O7S2/c1-3-38-26(35)31-14-13-19-20(15-31)39-24(21(19)23(33)29-25(27)34)28-22(32)16-9-11-18(12-10-16)40(36,37)30(2)17-7-5-4-6-8-17/h9-12,17H,3-8,13-15H2,1-2H3,(H,28,32)(H3,27,29,33,34). The number of imide groups is 1. The van der Waals surface area contributed by atoms with Gasteiger partial charge >= 0.3 is 12.1 Å². The molecule has 0 saturated heterocycles. The number of thiophene rings is 1. The lowest BCUT2D eigenvalue weighted by Crippen LogP contribution is -2.38. The van der Waals surface area contributed by atoms with Gasteiger partial charge in [0.15, 0.2) is 0 Å². The first-order valence-corrected chi connectivity index (χ1v) is 15.3. The third kappa shape index (κ3) is 6.29. The van der Waals surface area contributed by atoms with Gasteiger partial charge in [-0.2, -0.15) is 4.31 Å². The third-order valence-electron chi connectivity index (χ3n) is 7.16. The fraction of sp³-hybridized carbons (Fsp3) is 0.462. The first-order chi connectivity index (χ1) is 19.0. The lowest BCUT2D eigenvalue weighted by molar-refractivity contribution is 0.0965. The van der Waals surface area contributed by atoms with Crippen LogP contribution < -0.4 is 16.4 Å². The van der Waals surface area contributed by atoms with Crippen molar-refractivity contribution in [3.05, 3.63) is 45.8 Å². The van der Waals surface area contributed by atoms with Gasteiger partial charge in [0.1, 0.15) is 5.00 Å². The molecule has 0 unspecified atom stereocenters. The van der Waals surface area contributed by atoms with E-state index in [9.17, 15) is 27.6 Å². The van der Waals surface area contributed by atoms with Crippen LogP contribution in [0.2, 0.25) is 0 Å². The van der Waals surface area contributed by atoms with Crippen LogP contribution in [-0.2, 0) is 27.7 Å². The molecule has 2 aromatic rings. The van der Waals surface area contributed by atoms with Gasteiger partial charge < -0.3 is 20.7 Å². The number of benzene rings is 1. The molecule has 40 heavy (non-hydrogen) atoms. The molecule has 4 N–H and O–H groups in total. The van der Waals surface area contributed by atoms with Crippen molar-refractivity contribution in [2.45, 2.75) is 62.9 Å². The van der Waals surface area contributed by atoms with Crippen molar-refractivity contribution in [1.82, 2.24) is 14.5 Å². The summed E-state index contributed by atoms with van der Waals surface area (Å²) in [5.41, 5.74) is 6.04. The molecule has 1 saturated carbocycles. The number of ether oxygens (including phenoxy) is 1. The van der Waals surface area contributed by atoms with Crippen molar-refractivity contribution < 1.29 is 32.3 Å². The number of rotatable bonds is 7. The van der Waals surface area contributed by atoms with Gasteiger partial charge in [0.25, 0.3) is 11.8 Å². The Bertz CT molecular complexity index is 1400. The molecular formula is C26H33N5O7S2. The average molecular weight is 592 g/mol. The summed E-state index contributed by atoms with van der Waals surface area (Å²) >= 11 is 1.11. The third-order valence-corrected chi connectivity index (χ3v) is 10.2. The Morgan fingerprint density at radius 3 is 2.40 bits per heavy atom. The molecule has 216 valence electrons. The molecule has 12 nitrogen and oxygen atoms in total. The minimum Gasteiger partial charge on any atom is -0.450 e. The number of fused-ring (bicyclic) bond motifs is 1. The van der Waals surface area contributed by atoms with Crippen LogP contribution in [0.1, 0.15) is 70.2 Å². The topological polar surface area (TPSA) is 168 Å². The summed E-state index contributed by atoms with van der Waals surface area (Å²) in [6.45, 7) is 2.39. The minimum absolute atomic E-state index is 0.0451. The van der Waals surface area contributed by atoms with E-state index in [4.69, 9.17) is 10.5 Å². The fourth-order valence-corrected chi connectivity index (χ4v) is 7.71. The Balaban J connectivity index is 1.55. The summed E-state index contributed by atoms with van der Waals surface area (Å²) in [6.07, 6.45) is 4.57. The van der Waals surface area contributed by atoms with E-state index in [0.29, 0.717) is 16.9 Å². The number of primary amides is 1. The largest absolute Gasteiger partial charge is 0.450 e. The number of urea groups is 1. The molecule has 14 heteroatoms. The van der Waals surface area contributed by atoms with Crippen molar-refractivity contribution in [2.75, 3.05) is 25.5 Å². The van der Waals surface area contributed by atoms with Gasteiger partial charge in [-0.15, -0.1) is 11.3 Å². The van der Waals surface area contributed by atoms with Crippen LogP contribution in [0.5, 0.6) is 0 Å². The van der Waals surface area contributed by atoms with Crippen LogP contribution in [0.4, 0.5) is 14.6 Å². The van der Waals surface area contributed by atoms with Crippen LogP contribution in [0.25, 0.3) is 0 Å². The predicted molar refractivity (Wildman–Crippen MR) is 149 cm³/mol. The summed E-state index contributed by atoms with van der Waals surface area (Å²) in [6, 6.07) is 4.52. The zero-order valence-electron chi connectivity index (χ0n) is 22.4. The van der Waals surface area contributed by atoms with Crippen LogP contribution in [0.15, 0.2) is 29.2 Å². The lowest BCUT2D eigenvalue weighted by atomic mass is 9.96. The average Bonchev–Trinajstić information content (AvgIpc) is 3.30. The summed E-state index contributed by atoms with van der Waals surface area (Å²) < 4.78 is 32.8. The normalized spacial score (nSPS) is 15.8. The first-order valence-electron chi connectivity index (χ1n) is 13.1. The molecule has 0 spiro atoms. The lowest BCUT2D eigenvalue weighted by Gasteiger charge is -2.30. The van der Waals surface area contributed by atoms with Gasteiger partial charge in [0.2, 0.25) is 10.0 Å². The molecule has 1 aliphatic carbocycles. The molecule has 5 amide bonds. The Morgan fingerprint density at radius 1 is 1.10 bits per heavy atom. The Kier molecular flexibility index (Phi) is 9.11. The number of nitrogens with zero attached hydrogens (tertiary/aromatic N) is 2. The van der Waals surface area contributed by atoms with Crippen LogP contribution in [0.3, 0.4) is 0 Å². The summed E-state index contributed by atoms with van der Waals surface area (Å²) in [5.74, 6) is -1.34. The quantitative estimate of drug-likeness (QED) is 0.444. The second-order valence-electron chi connectivity index (χ2n) is 9.69. The van der Waals surface area contributed by atoms with Crippen LogP contribution in [0, 0.1) is 0 Å². The van der Waals surface area contributed by atoms with Crippen molar-refractivity contribution in [1.29, 1.82) is 0 Å². The van der Waals surface area contributed by atoms with E-state index in [-0.39, 0.29) is 46.8 Å². The van der Waals surface area contributed by atoms with Gasteiger partial charge in [-0.3, -0.25) is 14.9 Å². The molecule has 1 aliphatic heterocycles. The number of nitrogens with one attached hydrogen (secondary N) is 2. The molecule has 1 fully saturated rings. The molecule has 2 heterocycles. The minimum atomic E-state index is -3.72. The molecule has 0 atom stereocenters. The number of carbonyl (C=O) groups excluding carboxylic acids is 4. The Labute approximate surface area is 236 Å². The van der Waals surface area contributed by atoms with Crippen molar-refractivity contribution >= 4 is 50.3 Å². The number of hydrogen-bond donors (Lipinski definition) is 3. The van der Waals surface area contributed by atoms with E-state index >= 15 is 0 Å². The second-order valence-corrected chi connectivity index (χ2v) is 12.8. The molecule has 2 aliphatic rings. The number of nitrogens with two attached hydrogens (primary N) is 1. The highest BCUT2D eigenvalue weighted by Gasteiger charge is 2.32. The summed E-state index contributed by atoms with van der Waals surface area (Å²) in [7, 11) is -2.13. The second kappa shape index (κ2) is 12.4. The number of hydrogen-bond acceptors (Lipinski definition) is 8. The fourth-order valence-electron chi connectivity index (χ4n) is 5.04. The van der Waals surface area contributed by atoms with Gasteiger partial charge in [-0.1, -0.05) is 19.3 Å². The van der Waals surface area contributed by atoms with Gasteiger partial charge in [-0.05, 0) is 56.0 Å². The molecule has 4 rings (SSSR count). The monoisotopic (exact) mass is 591 g/mol. The van der Waals surface area contributed by atoms with Gasteiger partial charge in [0, 0.05) is 30.1 Å². The van der Waals surface area contributed by atoms with Crippen molar-refractivity contribution in [2.24, 2.45) is 5.73 Å². The number of amides is 5. The SMILES string of the molecule is CCOC(=O)N1CCc2c(sc(NC(=O)c3ccc(S(=O)(=O)N(C)C4CCCCC4)cc3)c2C(=O)NC(N)=O)C1. The number of carbonyl (C=O) groups is 4. The molecule has 0 radical (unpaired) electrons. The van der Waals surface area contributed by atoms with Gasteiger partial charge in [-0.25, -0.2) is 18.0 Å². The predicted octanol–water partition coefficient (Wildman–Crippen LogP) is 3.28. The van der Waals surface area contributed by atoms with E-state index in [2.05, 4.69) is 5.32 Å². The van der Waals surface area contributed by atoms with Gasteiger partial charge in [0.05, 0.1) is 23.6 Å². The van der Waals surface area contributed by atoms with E-state index in [0.717, 1.165) is 43.4 Å². The highest BCUT2D eigenvalue weighted by molar-refractivity contribution is 7.89. The zero-order valence-corrected chi connectivity index (χ0v) is 24.0. The van der Waals surface area contributed by atoms with Crippen LogP contribution >= 0.6 is 11.3 Å². The maximum atomic E-state index is 13.2. The first kappa shape index (κ1) is 29.5. The summed E-state index contributed by atoms with van der Waals surface area (Å²) in [4.78, 5) is 51.9. The molecule has 1 aromatic carbocycles.